The number of esters is 1. The zero-order chi connectivity index (χ0) is 30.5. The Morgan fingerprint density at radius 1 is 0.651 bits per heavy atom. The van der Waals surface area contributed by atoms with E-state index < -0.39 is 5.97 Å². The van der Waals surface area contributed by atoms with Gasteiger partial charge in [0.05, 0.1) is 17.2 Å². The van der Waals surface area contributed by atoms with Gasteiger partial charge in [0.1, 0.15) is 11.5 Å². The van der Waals surface area contributed by atoms with Crippen molar-refractivity contribution in [3.63, 3.8) is 0 Å². The van der Waals surface area contributed by atoms with Gasteiger partial charge in [-0.3, -0.25) is 4.79 Å². The van der Waals surface area contributed by atoms with Crippen LogP contribution >= 0.6 is 11.6 Å². The largest absolute Gasteiger partial charge is 0.494 e. The third-order valence-corrected chi connectivity index (χ3v) is 7.84. The van der Waals surface area contributed by atoms with Gasteiger partial charge in [0.15, 0.2) is 5.78 Å². The highest BCUT2D eigenvalue weighted by molar-refractivity contribution is 6.34. The molecule has 5 heteroatoms. The average Bonchev–Trinajstić information content (AvgIpc) is 3.03. The fraction of sp³-hybridized carbons (Fsp3) is 0.421. The molecule has 0 spiro atoms. The zero-order valence-corrected chi connectivity index (χ0v) is 26.5. The van der Waals surface area contributed by atoms with E-state index in [0.29, 0.717) is 28.5 Å². The van der Waals surface area contributed by atoms with Crippen molar-refractivity contribution in [2.75, 3.05) is 6.61 Å². The Bertz CT molecular complexity index is 1250. The number of carbonyl (C=O) groups excluding carboxylic acids is 2. The number of halogens is 1. The summed E-state index contributed by atoms with van der Waals surface area (Å²) in [5.74, 6) is 0.579. The fourth-order valence-corrected chi connectivity index (χ4v) is 5.14. The number of benzene rings is 3. The first-order chi connectivity index (χ1) is 21.1. The van der Waals surface area contributed by atoms with E-state index in [-0.39, 0.29) is 5.78 Å². The summed E-state index contributed by atoms with van der Waals surface area (Å²) in [7, 11) is 0. The number of unbranched alkanes of at least 4 members (excludes halogenated alkanes) is 13. The highest BCUT2D eigenvalue weighted by atomic mass is 35.5. The minimum atomic E-state index is -0.435. The maximum Gasteiger partial charge on any atom is 0.343 e. The van der Waals surface area contributed by atoms with Gasteiger partial charge in [-0.1, -0.05) is 132 Å². The highest BCUT2D eigenvalue weighted by Gasteiger charge is 2.09. The first-order valence-corrected chi connectivity index (χ1v) is 16.5. The van der Waals surface area contributed by atoms with Gasteiger partial charge >= 0.3 is 5.97 Å². The second-order valence-electron chi connectivity index (χ2n) is 11.1. The molecule has 0 amide bonds. The summed E-state index contributed by atoms with van der Waals surface area (Å²) < 4.78 is 11.4. The van der Waals surface area contributed by atoms with Crippen molar-refractivity contribution < 1.29 is 19.1 Å². The molecule has 0 saturated heterocycles. The molecule has 0 aromatic heterocycles. The van der Waals surface area contributed by atoms with Gasteiger partial charge in [-0.15, -0.1) is 0 Å². The summed E-state index contributed by atoms with van der Waals surface area (Å²) >= 11 is 6.09. The maximum absolute atomic E-state index is 12.6. The summed E-state index contributed by atoms with van der Waals surface area (Å²) in [6, 6.07) is 21.0. The van der Waals surface area contributed by atoms with E-state index in [1.54, 1.807) is 66.7 Å². The number of allylic oxidation sites excluding steroid dienone is 1. The van der Waals surface area contributed by atoms with Crippen LogP contribution in [-0.4, -0.2) is 18.4 Å². The van der Waals surface area contributed by atoms with Crippen LogP contribution in [0.2, 0.25) is 5.02 Å². The molecular formula is C38H47ClO4. The Morgan fingerprint density at radius 2 is 1.19 bits per heavy atom. The molecule has 230 valence electrons. The number of carbonyl (C=O) groups is 2. The number of hydrogen-bond donors (Lipinski definition) is 0. The molecule has 0 radical (unpaired) electrons. The molecular weight excluding hydrogens is 556 g/mol. The molecule has 0 N–H and O–H groups in total. The molecule has 43 heavy (non-hydrogen) atoms. The Kier molecular flexibility index (Phi) is 16.3. The van der Waals surface area contributed by atoms with Crippen molar-refractivity contribution in [1.29, 1.82) is 0 Å². The van der Waals surface area contributed by atoms with E-state index in [1.807, 2.05) is 12.1 Å². The van der Waals surface area contributed by atoms with E-state index >= 15 is 0 Å². The third kappa shape index (κ3) is 13.6. The van der Waals surface area contributed by atoms with Crippen LogP contribution in [0.25, 0.3) is 6.08 Å². The number of hydrogen-bond acceptors (Lipinski definition) is 4. The van der Waals surface area contributed by atoms with Gasteiger partial charge < -0.3 is 9.47 Å². The van der Waals surface area contributed by atoms with Crippen molar-refractivity contribution in [3.05, 3.63) is 101 Å². The molecule has 0 aliphatic carbocycles. The van der Waals surface area contributed by atoms with Crippen LogP contribution < -0.4 is 9.47 Å². The molecule has 3 aromatic rings. The van der Waals surface area contributed by atoms with Crippen LogP contribution in [0.3, 0.4) is 0 Å². The second kappa shape index (κ2) is 20.5. The van der Waals surface area contributed by atoms with Crippen LogP contribution in [0.1, 0.15) is 123 Å². The van der Waals surface area contributed by atoms with Gasteiger partial charge in [0.2, 0.25) is 0 Å². The lowest BCUT2D eigenvalue weighted by molar-refractivity contribution is 0.0734. The van der Waals surface area contributed by atoms with Crippen LogP contribution in [0.4, 0.5) is 0 Å². The minimum Gasteiger partial charge on any atom is -0.494 e. The summed E-state index contributed by atoms with van der Waals surface area (Å²) in [6.07, 6.45) is 21.9. The van der Waals surface area contributed by atoms with E-state index in [0.717, 1.165) is 17.7 Å². The lowest BCUT2D eigenvalue weighted by Crippen LogP contribution is -2.08. The van der Waals surface area contributed by atoms with Crippen LogP contribution in [-0.2, 0) is 0 Å². The number of ketones is 1. The molecule has 0 fully saturated rings. The summed E-state index contributed by atoms with van der Waals surface area (Å²) in [5, 5.41) is 0.420. The minimum absolute atomic E-state index is 0.173. The second-order valence-corrected chi connectivity index (χ2v) is 11.5. The van der Waals surface area contributed by atoms with Crippen molar-refractivity contribution in [3.8, 4) is 11.5 Å². The SMILES string of the molecule is CCCCCCCCCCCCCCCCOc1ccc(C(=O)Oc2ccc(/C=C/C(=O)c3ccccc3Cl)cc2)cc1. The first-order valence-electron chi connectivity index (χ1n) is 16.1. The van der Waals surface area contributed by atoms with Crippen LogP contribution in [0.15, 0.2) is 78.9 Å². The molecule has 0 heterocycles. The summed E-state index contributed by atoms with van der Waals surface area (Å²) in [4.78, 5) is 25.0. The standard InChI is InChI=1S/C38H47ClO4/c1-2-3-4-5-6-7-8-9-10-11-12-13-14-17-30-42-33-27-23-32(24-28-33)38(41)43-34-25-20-31(21-26-34)22-29-37(40)35-18-15-16-19-36(35)39/h15-16,18-29H,2-14,17,30H2,1H3/b29-22+. The Labute approximate surface area is 263 Å². The Morgan fingerprint density at radius 3 is 1.77 bits per heavy atom. The predicted octanol–water partition coefficient (Wildman–Crippen LogP) is 11.3. The van der Waals surface area contributed by atoms with Gasteiger partial charge in [-0.25, -0.2) is 4.79 Å². The molecule has 0 unspecified atom stereocenters. The fourth-order valence-electron chi connectivity index (χ4n) is 4.91. The molecule has 0 saturated carbocycles. The van der Waals surface area contributed by atoms with Gasteiger partial charge in [0.25, 0.3) is 0 Å². The van der Waals surface area contributed by atoms with Gasteiger partial charge in [0, 0.05) is 5.56 Å². The van der Waals surface area contributed by atoms with Gasteiger partial charge in [-0.2, -0.15) is 0 Å². The van der Waals surface area contributed by atoms with Crippen molar-refractivity contribution in [2.45, 2.75) is 96.8 Å². The summed E-state index contributed by atoms with van der Waals surface area (Å²) in [6.45, 7) is 2.96. The molecule has 0 aliphatic rings. The molecule has 3 rings (SSSR count). The predicted molar refractivity (Wildman–Crippen MR) is 178 cm³/mol. The smallest absolute Gasteiger partial charge is 0.343 e. The zero-order valence-electron chi connectivity index (χ0n) is 25.7. The van der Waals surface area contributed by atoms with Crippen LogP contribution in [0, 0.1) is 0 Å². The molecule has 0 bridgehead atoms. The van der Waals surface area contributed by atoms with E-state index in [1.165, 1.54) is 89.5 Å². The molecule has 3 aromatic carbocycles. The van der Waals surface area contributed by atoms with Crippen molar-refractivity contribution in [1.82, 2.24) is 0 Å². The normalized spacial score (nSPS) is 11.1. The topological polar surface area (TPSA) is 52.6 Å². The van der Waals surface area contributed by atoms with E-state index in [4.69, 9.17) is 21.1 Å². The van der Waals surface area contributed by atoms with Crippen molar-refractivity contribution in [2.24, 2.45) is 0 Å². The highest BCUT2D eigenvalue weighted by Crippen LogP contribution is 2.20. The first kappa shape index (κ1) is 34.1. The number of rotatable bonds is 21. The lowest BCUT2D eigenvalue weighted by Gasteiger charge is -2.08. The maximum atomic E-state index is 12.6. The third-order valence-electron chi connectivity index (χ3n) is 7.51. The van der Waals surface area contributed by atoms with E-state index in [2.05, 4.69) is 6.92 Å². The van der Waals surface area contributed by atoms with E-state index in [9.17, 15) is 9.59 Å². The number of ether oxygens (including phenoxy) is 2. The summed E-state index contributed by atoms with van der Waals surface area (Å²) in [5.41, 5.74) is 1.72. The quantitative estimate of drug-likeness (QED) is 0.0400. The molecule has 4 nitrogen and oxygen atoms in total. The Hall–Kier alpha value is -3.37. The monoisotopic (exact) mass is 602 g/mol. The lowest BCUT2D eigenvalue weighted by atomic mass is 10.0. The van der Waals surface area contributed by atoms with Crippen molar-refractivity contribution >= 4 is 29.4 Å². The Balaban J connectivity index is 1.26. The average molecular weight is 603 g/mol. The van der Waals surface area contributed by atoms with Gasteiger partial charge in [-0.05, 0) is 66.6 Å². The van der Waals surface area contributed by atoms with Crippen LogP contribution in [0.5, 0.6) is 11.5 Å². The molecule has 0 aliphatic heterocycles. The molecule has 0 atom stereocenters.